The molecule has 0 saturated carbocycles. The van der Waals surface area contributed by atoms with Crippen molar-refractivity contribution in [2.24, 2.45) is 5.10 Å². The van der Waals surface area contributed by atoms with Gasteiger partial charge in [-0.1, -0.05) is 6.07 Å². The molecular weight excluding hydrogens is 364 g/mol. The van der Waals surface area contributed by atoms with Crippen LogP contribution in [0.3, 0.4) is 0 Å². The molecule has 146 valence electrons. The van der Waals surface area contributed by atoms with Gasteiger partial charge in [0.25, 0.3) is 0 Å². The molecule has 28 heavy (non-hydrogen) atoms. The Balaban J connectivity index is 1.68. The molecule has 0 N–H and O–H groups in total. The average molecular weight is 384 g/mol. The van der Waals surface area contributed by atoms with Crippen molar-refractivity contribution in [3.8, 4) is 28.7 Å². The van der Waals surface area contributed by atoms with E-state index in [0.29, 0.717) is 35.2 Å². The molecule has 2 aromatic carbocycles. The lowest BCUT2D eigenvalue weighted by Gasteiger charge is -2.17. The fourth-order valence-corrected chi connectivity index (χ4v) is 3.44. The van der Waals surface area contributed by atoms with Gasteiger partial charge in [-0.25, -0.2) is 5.01 Å². The quantitative estimate of drug-likeness (QED) is 0.713. The highest BCUT2D eigenvalue weighted by atomic mass is 16.7. The van der Waals surface area contributed by atoms with Crippen LogP contribution in [0.15, 0.2) is 35.4 Å². The number of carbonyl (C=O) groups excluding carboxylic acids is 1. The third-order valence-corrected chi connectivity index (χ3v) is 4.83. The summed E-state index contributed by atoms with van der Waals surface area (Å²) in [5.41, 5.74) is 2.46. The molecule has 8 heteroatoms. The molecule has 0 unspecified atom stereocenters. The van der Waals surface area contributed by atoms with E-state index in [4.69, 9.17) is 23.7 Å². The molecule has 0 bridgehead atoms. The van der Waals surface area contributed by atoms with Crippen molar-refractivity contribution in [2.75, 3.05) is 28.1 Å². The molecule has 2 heterocycles. The van der Waals surface area contributed by atoms with E-state index < -0.39 is 0 Å². The summed E-state index contributed by atoms with van der Waals surface area (Å²) in [6.07, 6.45) is 1.26. The van der Waals surface area contributed by atoms with Gasteiger partial charge in [-0.3, -0.25) is 4.79 Å². The minimum Gasteiger partial charge on any atom is -0.493 e. The number of hydrogen-bond donors (Lipinski definition) is 0. The molecule has 2 aliphatic heterocycles. The van der Waals surface area contributed by atoms with Gasteiger partial charge in [0, 0.05) is 12.0 Å². The van der Waals surface area contributed by atoms with Gasteiger partial charge in [0.15, 0.2) is 23.0 Å². The van der Waals surface area contributed by atoms with E-state index in [1.54, 1.807) is 21.3 Å². The van der Waals surface area contributed by atoms with Crippen LogP contribution in [-0.2, 0) is 4.79 Å². The number of amides is 1. The summed E-state index contributed by atoms with van der Waals surface area (Å²) in [5, 5.41) is 5.91. The van der Waals surface area contributed by atoms with E-state index in [0.717, 1.165) is 23.2 Å². The number of fused-ring (bicyclic) bond motifs is 1. The van der Waals surface area contributed by atoms with Crippen LogP contribution in [0.25, 0.3) is 0 Å². The zero-order valence-corrected chi connectivity index (χ0v) is 15.8. The topological polar surface area (TPSA) is 78.8 Å². The number of hydrazone groups is 1. The van der Waals surface area contributed by atoms with Crippen LogP contribution in [-0.4, -0.2) is 45.3 Å². The summed E-state index contributed by atoms with van der Waals surface area (Å²) >= 11 is 0. The largest absolute Gasteiger partial charge is 0.493 e. The summed E-state index contributed by atoms with van der Waals surface area (Å²) in [4.78, 5) is 11.6. The molecule has 8 nitrogen and oxygen atoms in total. The van der Waals surface area contributed by atoms with Crippen molar-refractivity contribution >= 4 is 12.1 Å². The zero-order valence-electron chi connectivity index (χ0n) is 15.8. The Morgan fingerprint density at radius 3 is 2.39 bits per heavy atom. The van der Waals surface area contributed by atoms with Gasteiger partial charge in [-0.05, 0) is 29.8 Å². The Morgan fingerprint density at radius 2 is 1.75 bits per heavy atom. The maximum Gasteiger partial charge on any atom is 0.231 e. The fourth-order valence-electron chi connectivity index (χ4n) is 3.44. The lowest BCUT2D eigenvalue weighted by molar-refractivity contribution is -0.119. The predicted molar refractivity (Wildman–Crippen MR) is 100 cm³/mol. The van der Waals surface area contributed by atoms with E-state index in [-0.39, 0.29) is 12.8 Å². The summed E-state index contributed by atoms with van der Waals surface area (Å²) < 4.78 is 27.0. The molecule has 2 aliphatic rings. The summed E-state index contributed by atoms with van der Waals surface area (Å²) in [6, 6.07) is 9.06. The standard InChI is InChI=1S/C20H20N2O6/c1-24-18-7-13(8-19(25-2)20(18)26-3)14-9-15(22(10-23)21-14)12-4-5-16-17(6-12)28-11-27-16/h4-8,10,15H,9,11H2,1-3H3/t15-/m1/s1. The number of rotatable bonds is 6. The van der Waals surface area contributed by atoms with Crippen LogP contribution in [0.4, 0.5) is 0 Å². The zero-order chi connectivity index (χ0) is 19.7. The van der Waals surface area contributed by atoms with Gasteiger partial charge in [0.05, 0.1) is 33.1 Å². The predicted octanol–water partition coefficient (Wildman–Crippen LogP) is 2.75. The van der Waals surface area contributed by atoms with Crippen LogP contribution in [0.2, 0.25) is 0 Å². The number of nitrogens with zero attached hydrogens (tertiary/aromatic N) is 2. The molecule has 0 fully saturated rings. The Morgan fingerprint density at radius 1 is 1.04 bits per heavy atom. The Labute approximate surface area is 162 Å². The number of methoxy groups -OCH3 is 3. The molecular formula is C20H20N2O6. The van der Waals surface area contributed by atoms with E-state index >= 15 is 0 Å². The van der Waals surface area contributed by atoms with Crippen molar-refractivity contribution in [3.63, 3.8) is 0 Å². The van der Waals surface area contributed by atoms with Crippen molar-refractivity contribution in [1.82, 2.24) is 5.01 Å². The minimum absolute atomic E-state index is 0.202. The van der Waals surface area contributed by atoms with Gasteiger partial charge < -0.3 is 23.7 Å². The number of hydrogen-bond acceptors (Lipinski definition) is 7. The molecule has 0 aromatic heterocycles. The van der Waals surface area contributed by atoms with Gasteiger partial charge >= 0.3 is 0 Å². The number of benzene rings is 2. The van der Waals surface area contributed by atoms with Crippen LogP contribution >= 0.6 is 0 Å². The Bertz CT molecular complexity index is 917. The molecule has 0 aliphatic carbocycles. The molecule has 2 aromatic rings. The van der Waals surface area contributed by atoms with Gasteiger partial charge in [0.2, 0.25) is 19.0 Å². The van der Waals surface area contributed by atoms with Crippen LogP contribution in [0.5, 0.6) is 28.7 Å². The Hall–Kier alpha value is -3.42. The minimum atomic E-state index is -0.235. The first kappa shape index (κ1) is 18.0. The SMILES string of the molecule is COc1cc(C2=NN(C=O)[C@@H](c3ccc4c(c3)OCO4)C2)cc(OC)c1OC. The first-order valence-corrected chi connectivity index (χ1v) is 8.69. The lowest BCUT2D eigenvalue weighted by Crippen LogP contribution is -2.17. The third-order valence-electron chi connectivity index (χ3n) is 4.83. The van der Waals surface area contributed by atoms with E-state index in [9.17, 15) is 4.79 Å². The highest BCUT2D eigenvalue weighted by molar-refractivity contribution is 6.03. The smallest absolute Gasteiger partial charge is 0.231 e. The molecule has 0 spiro atoms. The van der Waals surface area contributed by atoms with Crippen LogP contribution < -0.4 is 23.7 Å². The van der Waals surface area contributed by atoms with Gasteiger partial charge in [-0.15, -0.1) is 0 Å². The second-order valence-corrected chi connectivity index (χ2v) is 6.28. The first-order valence-electron chi connectivity index (χ1n) is 8.69. The maximum atomic E-state index is 11.6. The van der Waals surface area contributed by atoms with E-state index in [1.807, 2.05) is 30.3 Å². The van der Waals surface area contributed by atoms with Crippen LogP contribution in [0, 0.1) is 0 Å². The van der Waals surface area contributed by atoms with Gasteiger partial charge in [-0.2, -0.15) is 5.10 Å². The Kier molecular flexibility index (Phi) is 4.68. The summed E-state index contributed by atoms with van der Waals surface area (Å²) in [6.45, 7) is 0.202. The first-order chi connectivity index (χ1) is 13.7. The molecule has 0 radical (unpaired) electrons. The van der Waals surface area contributed by atoms with Crippen molar-refractivity contribution < 1.29 is 28.5 Å². The highest BCUT2D eigenvalue weighted by Gasteiger charge is 2.31. The molecule has 1 atom stereocenters. The molecule has 0 saturated heterocycles. The second-order valence-electron chi connectivity index (χ2n) is 6.28. The normalized spacial score (nSPS) is 17.3. The number of ether oxygens (including phenoxy) is 5. The van der Waals surface area contributed by atoms with Crippen molar-refractivity contribution in [2.45, 2.75) is 12.5 Å². The number of carbonyl (C=O) groups is 1. The van der Waals surface area contributed by atoms with E-state index in [2.05, 4.69) is 5.10 Å². The highest BCUT2D eigenvalue weighted by Crippen LogP contribution is 2.42. The maximum absolute atomic E-state index is 11.6. The lowest BCUT2D eigenvalue weighted by atomic mass is 9.98. The molecule has 1 amide bonds. The third kappa shape index (κ3) is 2.96. The van der Waals surface area contributed by atoms with Crippen molar-refractivity contribution in [3.05, 3.63) is 41.5 Å². The fraction of sp³-hybridized carbons (Fsp3) is 0.300. The monoisotopic (exact) mass is 384 g/mol. The summed E-state index contributed by atoms with van der Waals surface area (Å²) in [5.74, 6) is 2.94. The second kappa shape index (κ2) is 7.30. The molecule has 4 rings (SSSR count). The van der Waals surface area contributed by atoms with Crippen LogP contribution in [0.1, 0.15) is 23.6 Å². The van der Waals surface area contributed by atoms with Crippen molar-refractivity contribution in [1.29, 1.82) is 0 Å². The average Bonchev–Trinajstić information content (AvgIpc) is 3.38. The van der Waals surface area contributed by atoms with Gasteiger partial charge in [0.1, 0.15) is 0 Å². The summed E-state index contributed by atoms with van der Waals surface area (Å²) in [7, 11) is 4.67. The van der Waals surface area contributed by atoms with E-state index in [1.165, 1.54) is 5.01 Å².